The molecule has 0 aliphatic carbocycles. The van der Waals surface area contributed by atoms with Gasteiger partial charge in [-0.2, -0.15) is 0 Å². The number of H-pyrrole nitrogens is 1. The van der Waals surface area contributed by atoms with Crippen molar-refractivity contribution in [2.75, 3.05) is 11.4 Å². The number of aliphatic carboxylic acids is 2. The first-order valence-electron chi connectivity index (χ1n) is 5.40. The van der Waals surface area contributed by atoms with Crippen molar-refractivity contribution in [1.82, 2.24) is 9.97 Å². The molecule has 1 aliphatic heterocycles. The maximum absolute atomic E-state index is 11.0. The third kappa shape index (κ3) is 2.43. The van der Waals surface area contributed by atoms with Crippen molar-refractivity contribution < 1.29 is 24.9 Å². The average molecular weight is 255 g/mol. The van der Waals surface area contributed by atoms with Gasteiger partial charge < -0.3 is 25.2 Å². The molecule has 0 spiro atoms. The largest absolute Gasteiger partial charge is 0.481 e. The monoisotopic (exact) mass is 255 g/mol. The van der Waals surface area contributed by atoms with Crippen molar-refractivity contribution in [3.63, 3.8) is 0 Å². The summed E-state index contributed by atoms with van der Waals surface area (Å²) in [6.07, 6.45) is 0.556. The van der Waals surface area contributed by atoms with E-state index in [1.807, 2.05) is 0 Å². The highest BCUT2D eigenvalue weighted by Gasteiger charge is 2.36. The van der Waals surface area contributed by atoms with Crippen molar-refractivity contribution >= 4 is 17.8 Å². The van der Waals surface area contributed by atoms with Gasteiger partial charge in [0.05, 0.1) is 12.3 Å². The smallest absolute Gasteiger partial charge is 0.326 e. The van der Waals surface area contributed by atoms with E-state index in [1.165, 1.54) is 11.1 Å². The maximum atomic E-state index is 11.0. The Bertz CT molecular complexity index is 472. The van der Waals surface area contributed by atoms with E-state index in [9.17, 15) is 14.7 Å². The Labute approximate surface area is 102 Å². The quantitative estimate of drug-likeness (QED) is 0.547. The second kappa shape index (κ2) is 4.65. The number of β-amino-alcohol motifs (C(OH)–C–C–N with tert-alkyl or cyclic N) is 1. The Morgan fingerprint density at radius 2 is 2.22 bits per heavy atom. The number of aliphatic hydroxyl groups excluding tert-OH is 1. The number of nitrogens with one attached hydrogen (secondary N) is 1. The van der Waals surface area contributed by atoms with Crippen LogP contribution in [0.15, 0.2) is 6.20 Å². The summed E-state index contributed by atoms with van der Waals surface area (Å²) < 4.78 is 0. The van der Waals surface area contributed by atoms with Gasteiger partial charge in [0, 0.05) is 13.0 Å². The summed E-state index contributed by atoms with van der Waals surface area (Å²) in [4.78, 5) is 29.6. The highest BCUT2D eigenvalue weighted by Crippen LogP contribution is 2.24. The Hall–Kier alpha value is -2.09. The van der Waals surface area contributed by atoms with Gasteiger partial charge in [0.1, 0.15) is 24.1 Å². The Balaban J connectivity index is 2.17. The van der Waals surface area contributed by atoms with Crippen LogP contribution in [0.3, 0.4) is 0 Å². The second-order valence-electron chi connectivity index (χ2n) is 4.18. The number of hydrogen-bond acceptors (Lipinski definition) is 5. The molecular formula is C10H13N3O5. The Morgan fingerprint density at radius 3 is 2.83 bits per heavy atom. The molecule has 0 aromatic carbocycles. The number of nitrogens with zero attached hydrogens (tertiary/aromatic N) is 2. The summed E-state index contributed by atoms with van der Waals surface area (Å²) in [6, 6.07) is -0.821. The fraction of sp³-hybridized carbons (Fsp3) is 0.500. The van der Waals surface area contributed by atoms with Gasteiger partial charge in [-0.05, 0) is 0 Å². The highest BCUT2D eigenvalue weighted by molar-refractivity contribution is 5.78. The molecule has 1 aliphatic rings. The lowest BCUT2D eigenvalue weighted by Crippen LogP contribution is -2.36. The predicted octanol–water partition coefficient (Wildman–Crippen LogP) is -0.939. The van der Waals surface area contributed by atoms with Gasteiger partial charge in [-0.15, -0.1) is 0 Å². The number of aromatic nitrogens is 2. The summed E-state index contributed by atoms with van der Waals surface area (Å²) >= 11 is 0. The third-order valence-corrected chi connectivity index (χ3v) is 2.81. The first-order valence-corrected chi connectivity index (χ1v) is 5.40. The number of rotatable bonds is 4. The number of imidazole rings is 1. The zero-order valence-corrected chi connectivity index (χ0v) is 9.41. The zero-order valence-electron chi connectivity index (χ0n) is 9.41. The van der Waals surface area contributed by atoms with Crippen LogP contribution in [0, 0.1) is 0 Å². The first kappa shape index (κ1) is 12.4. The number of hydrogen-bond donors (Lipinski definition) is 4. The standard InChI is InChI=1S/C10H13N3O5/c14-5-1-6(10(17)18)13(4-5)8-3-11-7(12-8)2-9(15)16/h3,5-6,14H,1-2,4H2,(H,11,12)(H,15,16)(H,17,18)/t5-,6+/m1/s1. The second-order valence-corrected chi connectivity index (χ2v) is 4.18. The predicted molar refractivity (Wildman–Crippen MR) is 59.3 cm³/mol. The lowest BCUT2D eigenvalue weighted by atomic mass is 10.2. The normalized spacial score (nSPS) is 23.3. The minimum Gasteiger partial charge on any atom is -0.481 e. The van der Waals surface area contributed by atoms with Crippen LogP contribution in [-0.4, -0.2) is 55.9 Å². The number of anilines is 1. The molecule has 4 N–H and O–H groups in total. The molecule has 98 valence electrons. The van der Waals surface area contributed by atoms with Gasteiger partial charge >= 0.3 is 11.9 Å². The number of carboxylic acid groups (broad SMARTS) is 2. The molecule has 2 heterocycles. The number of carboxylic acids is 2. The van der Waals surface area contributed by atoms with Gasteiger partial charge in [0.15, 0.2) is 0 Å². The number of carbonyl (C=O) groups is 2. The summed E-state index contributed by atoms with van der Waals surface area (Å²) in [5.74, 6) is -1.38. The van der Waals surface area contributed by atoms with Crippen LogP contribution in [0.2, 0.25) is 0 Å². The van der Waals surface area contributed by atoms with Crippen LogP contribution in [-0.2, 0) is 16.0 Å². The minimum atomic E-state index is -1.03. The molecular weight excluding hydrogens is 242 g/mol. The van der Waals surface area contributed by atoms with Crippen molar-refractivity contribution in [2.45, 2.75) is 25.0 Å². The summed E-state index contributed by atoms with van der Waals surface area (Å²) in [5.41, 5.74) is 0. The fourth-order valence-corrected chi connectivity index (χ4v) is 2.04. The Morgan fingerprint density at radius 1 is 1.50 bits per heavy atom. The molecule has 0 bridgehead atoms. The van der Waals surface area contributed by atoms with Gasteiger partial charge in [0.25, 0.3) is 0 Å². The van der Waals surface area contributed by atoms with Crippen molar-refractivity contribution in [3.05, 3.63) is 12.0 Å². The van der Waals surface area contributed by atoms with E-state index >= 15 is 0 Å². The van der Waals surface area contributed by atoms with Crippen LogP contribution in [0.5, 0.6) is 0 Å². The summed E-state index contributed by atoms with van der Waals surface area (Å²) in [7, 11) is 0. The highest BCUT2D eigenvalue weighted by atomic mass is 16.4. The van der Waals surface area contributed by atoms with Crippen molar-refractivity contribution in [2.24, 2.45) is 0 Å². The van der Waals surface area contributed by atoms with E-state index in [1.54, 1.807) is 0 Å². The molecule has 2 rings (SSSR count). The molecule has 18 heavy (non-hydrogen) atoms. The third-order valence-electron chi connectivity index (χ3n) is 2.81. The summed E-state index contributed by atoms with van der Waals surface area (Å²) in [5, 5.41) is 27.1. The van der Waals surface area contributed by atoms with Gasteiger partial charge in [0.2, 0.25) is 0 Å². The van der Waals surface area contributed by atoms with E-state index in [2.05, 4.69) is 9.97 Å². The number of aromatic amines is 1. The lowest BCUT2D eigenvalue weighted by molar-refractivity contribution is -0.138. The Kier molecular flexibility index (Phi) is 3.19. The van der Waals surface area contributed by atoms with E-state index in [-0.39, 0.29) is 25.2 Å². The number of aliphatic hydroxyl groups is 1. The minimum absolute atomic E-state index is 0.141. The van der Waals surface area contributed by atoms with E-state index in [0.29, 0.717) is 5.82 Å². The molecule has 1 fully saturated rings. The SMILES string of the molecule is O=C(O)Cc1ncc(N2C[C@H](O)C[C@H]2C(=O)O)[nH]1. The van der Waals surface area contributed by atoms with Crippen LogP contribution in [0.4, 0.5) is 5.82 Å². The van der Waals surface area contributed by atoms with Crippen LogP contribution >= 0.6 is 0 Å². The van der Waals surface area contributed by atoms with E-state index < -0.39 is 24.1 Å². The molecule has 0 unspecified atom stereocenters. The fourth-order valence-electron chi connectivity index (χ4n) is 2.04. The summed E-state index contributed by atoms with van der Waals surface area (Å²) in [6.45, 7) is 0.186. The molecule has 8 nitrogen and oxygen atoms in total. The molecule has 0 amide bonds. The zero-order chi connectivity index (χ0) is 13.3. The van der Waals surface area contributed by atoms with E-state index in [4.69, 9.17) is 10.2 Å². The van der Waals surface area contributed by atoms with Gasteiger partial charge in [-0.1, -0.05) is 0 Å². The average Bonchev–Trinajstić information content (AvgIpc) is 2.83. The van der Waals surface area contributed by atoms with Crippen molar-refractivity contribution in [3.8, 4) is 0 Å². The molecule has 1 aromatic rings. The van der Waals surface area contributed by atoms with Crippen molar-refractivity contribution in [1.29, 1.82) is 0 Å². The molecule has 1 saturated heterocycles. The topological polar surface area (TPSA) is 127 Å². The van der Waals surface area contributed by atoms with E-state index in [0.717, 1.165) is 0 Å². The van der Waals surface area contributed by atoms with Gasteiger partial charge in [-0.25, -0.2) is 9.78 Å². The maximum Gasteiger partial charge on any atom is 0.326 e. The molecule has 2 atom stereocenters. The van der Waals surface area contributed by atoms with Crippen LogP contribution in [0.25, 0.3) is 0 Å². The molecule has 1 aromatic heterocycles. The first-order chi connectivity index (χ1) is 8.47. The van der Waals surface area contributed by atoms with Crippen LogP contribution in [0.1, 0.15) is 12.2 Å². The molecule has 0 radical (unpaired) electrons. The lowest BCUT2D eigenvalue weighted by Gasteiger charge is -2.20. The molecule has 8 heteroatoms. The molecule has 0 saturated carbocycles. The van der Waals surface area contributed by atoms with Crippen LogP contribution < -0.4 is 4.90 Å². The van der Waals surface area contributed by atoms with Gasteiger partial charge in [-0.3, -0.25) is 4.79 Å².